The van der Waals surface area contributed by atoms with Gasteiger partial charge in [-0.3, -0.25) is 0 Å². The summed E-state index contributed by atoms with van der Waals surface area (Å²) in [4.78, 5) is 6.11. The molecule has 0 saturated carbocycles. The summed E-state index contributed by atoms with van der Waals surface area (Å²) in [6, 6.07) is 1.42. The van der Waals surface area contributed by atoms with Gasteiger partial charge in [-0.15, -0.1) is 0 Å². The smallest absolute Gasteiger partial charge is 0.418 e. The van der Waals surface area contributed by atoms with Crippen molar-refractivity contribution in [2.24, 2.45) is 0 Å². The second kappa shape index (κ2) is 4.58. The molecule has 19 heavy (non-hydrogen) atoms. The Bertz CT molecular complexity index is 475. The minimum atomic E-state index is -4.38. The molecule has 0 N–H and O–H groups in total. The van der Waals surface area contributed by atoms with E-state index in [-0.39, 0.29) is 5.75 Å². The van der Waals surface area contributed by atoms with Gasteiger partial charge in [0.15, 0.2) is 11.6 Å². The third kappa shape index (κ3) is 2.35. The largest absolute Gasteiger partial charge is 0.490 e. The fraction of sp³-hybridized carbons (Fsp3) is 0.615. The van der Waals surface area contributed by atoms with Crippen LogP contribution in [0, 0.1) is 0 Å². The number of rotatable bonds is 0. The summed E-state index contributed by atoms with van der Waals surface area (Å²) in [7, 11) is 0. The van der Waals surface area contributed by atoms with Gasteiger partial charge in [0, 0.05) is 25.2 Å². The minimum Gasteiger partial charge on any atom is -0.490 e. The number of ether oxygens (including phenoxy) is 1. The molecule has 1 aromatic heterocycles. The molecule has 2 aliphatic heterocycles. The first-order chi connectivity index (χ1) is 9.05. The summed E-state index contributed by atoms with van der Waals surface area (Å²) in [5.41, 5.74) is -0.748. The standard InChI is InChI=1S/C13H15F3N2O/c14-13(15,16)9-7-11-12(17-8-9)18-5-2-1-3-10(18)4-6-19-11/h7-8,10H,1-6H2. The topological polar surface area (TPSA) is 25.4 Å². The highest BCUT2D eigenvalue weighted by molar-refractivity contribution is 5.55. The fourth-order valence-corrected chi connectivity index (χ4v) is 2.80. The predicted octanol–water partition coefficient (Wildman–Crippen LogP) is 3.24. The van der Waals surface area contributed by atoms with Crippen molar-refractivity contribution < 1.29 is 17.9 Å². The number of piperidine rings is 1. The molecule has 1 aromatic rings. The number of aromatic nitrogens is 1. The Morgan fingerprint density at radius 1 is 1.26 bits per heavy atom. The molecule has 0 amide bonds. The van der Waals surface area contributed by atoms with Gasteiger partial charge in [-0.05, 0) is 25.3 Å². The van der Waals surface area contributed by atoms with E-state index in [4.69, 9.17) is 4.74 Å². The van der Waals surface area contributed by atoms with Gasteiger partial charge in [0.25, 0.3) is 0 Å². The van der Waals surface area contributed by atoms with Gasteiger partial charge in [-0.25, -0.2) is 4.98 Å². The van der Waals surface area contributed by atoms with Gasteiger partial charge in [-0.2, -0.15) is 13.2 Å². The molecule has 1 fully saturated rings. The lowest BCUT2D eigenvalue weighted by Gasteiger charge is -2.35. The van der Waals surface area contributed by atoms with E-state index in [1.807, 2.05) is 0 Å². The van der Waals surface area contributed by atoms with Gasteiger partial charge in [-0.1, -0.05) is 0 Å². The fourth-order valence-electron chi connectivity index (χ4n) is 2.80. The van der Waals surface area contributed by atoms with Crippen LogP contribution in [0.15, 0.2) is 12.3 Å². The highest BCUT2D eigenvalue weighted by Gasteiger charge is 2.34. The maximum Gasteiger partial charge on any atom is 0.418 e. The Balaban J connectivity index is 1.99. The van der Waals surface area contributed by atoms with Gasteiger partial charge in [0.05, 0.1) is 12.2 Å². The Kier molecular flexibility index (Phi) is 3.03. The summed E-state index contributed by atoms with van der Waals surface area (Å²) in [6.07, 6.45) is 0.650. The number of halogens is 3. The second-order valence-electron chi connectivity index (χ2n) is 5.02. The van der Waals surface area contributed by atoms with E-state index < -0.39 is 11.7 Å². The van der Waals surface area contributed by atoms with E-state index in [1.54, 1.807) is 0 Å². The first-order valence-corrected chi connectivity index (χ1v) is 6.52. The molecular formula is C13H15F3N2O. The lowest BCUT2D eigenvalue weighted by atomic mass is 10.00. The van der Waals surface area contributed by atoms with Crippen molar-refractivity contribution >= 4 is 5.82 Å². The molecule has 1 atom stereocenters. The summed E-state index contributed by atoms with van der Waals surface area (Å²) >= 11 is 0. The quantitative estimate of drug-likeness (QED) is 0.725. The van der Waals surface area contributed by atoms with Crippen LogP contribution in [0.3, 0.4) is 0 Å². The molecule has 3 heterocycles. The monoisotopic (exact) mass is 272 g/mol. The minimum absolute atomic E-state index is 0.263. The average molecular weight is 272 g/mol. The first-order valence-electron chi connectivity index (χ1n) is 6.52. The highest BCUT2D eigenvalue weighted by atomic mass is 19.4. The number of hydrogen-bond acceptors (Lipinski definition) is 3. The zero-order valence-electron chi connectivity index (χ0n) is 10.4. The van der Waals surface area contributed by atoms with Crippen molar-refractivity contribution in [2.45, 2.75) is 37.9 Å². The van der Waals surface area contributed by atoms with E-state index >= 15 is 0 Å². The third-order valence-electron chi connectivity index (χ3n) is 3.77. The molecule has 0 bridgehead atoms. The molecule has 0 aromatic carbocycles. The maximum absolute atomic E-state index is 12.7. The van der Waals surface area contributed by atoms with Crippen LogP contribution in [-0.4, -0.2) is 24.2 Å². The van der Waals surface area contributed by atoms with E-state index in [0.717, 1.165) is 44.5 Å². The lowest BCUT2D eigenvalue weighted by molar-refractivity contribution is -0.137. The SMILES string of the molecule is FC(F)(F)c1cnc2c(c1)OCCC1CCCCN21. The number of pyridine rings is 1. The van der Waals surface area contributed by atoms with Gasteiger partial charge in [0.1, 0.15) is 0 Å². The van der Waals surface area contributed by atoms with Crippen LogP contribution in [0.4, 0.5) is 19.0 Å². The first kappa shape index (κ1) is 12.6. The van der Waals surface area contributed by atoms with Crippen LogP contribution in [0.2, 0.25) is 0 Å². The van der Waals surface area contributed by atoms with E-state index in [9.17, 15) is 13.2 Å². The molecule has 0 aliphatic carbocycles. The number of fused-ring (bicyclic) bond motifs is 3. The molecule has 104 valence electrons. The van der Waals surface area contributed by atoms with Gasteiger partial charge in [0.2, 0.25) is 0 Å². The van der Waals surface area contributed by atoms with Crippen molar-refractivity contribution in [1.29, 1.82) is 0 Å². The van der Waals surface area contributed by atoms with Crippen molar-refractivity contribution in [1.82, 2.24) is 4.98 Å². The van der Waals surface area contributed by atoms with Crippen molar-refractivity contribution in [3.05, 3.63) is 17.8 Å². The van der Waals surface area contributed by atoms with E-state index in [0.29, 0.717) is 18.5 Å². The Hall–Kier alpha value is -1.46. The van der Waals surface area contributed by atoms with Crippen molar-refractivity contribution in [3.63, 3.8) is 0 Å². The predicted molar refractivity (Wildman–Crippen MR) is 64.3 cm³/mol. The normalized spacial score (nSPS) is 23.1. The number of anilines is 1. The van der Waals surface area contributed by atoms with E-state index in [1.165, 1.54) is 0 Å². The summed E-state index contributed by atoms with van der Waals surface area (Å²) in [5.74, 6) is 0.828. The summed E-state index contributed by atoms with van der Waals surface area (Å²) in [5, 5.41) is 0. The number of alkyl halides is 3. The maximum atomic E-state index is 12.7. The zero-order valence-corrected chi connectivity index (χ0v) is 10.4. The highest BCUT2D eigenvalue weighted by Crippen LogP contribution is 2.38. The number of nitrogens with zero attached hydrogens (tertiary/aromatic N) is 2. The summed E-state index contributed by atoms with van der Waals surface area (Å²) < 4.78 is 43.5. The Morgan fingerprint density at radius 2 is 2.11 bits per heavy atom. The second-order valence-corrected chi connectivity index (χ2v) is 5.02. The van der Waals surface area contributed by atoms with E-state index in [2.05, 4.69) is 9.88 Å². The third-order valence-corrected chi connectivity index (χ3v) is 3.77. The average Bonchev–Trinajstić information content (AvgIpc) is 2.56. The molecule has 1 saturated heterocycles. The van der Waals surface area contributed by atoms with Gasteiger partial charge >= 0.3 is 6.18 Å². The molecule has 0 radical (unpaired) electrons. The van der Waals surface area contributed by atoms with Crippen LogP contribution < -0.4 is 9.64 Å². The molecule has 1 unspecified atom stereocenters. The molecular weight excluding hydrogens is 257 g/mol. The van der Waals surface area contributed by atoms with Crippen LogP contribution in [0.5, 0.6) is 5.75 Å². The van der Waals surface area contributed by atoms with Crippen LogP contribution in [-0.2, 0) is 6.18 Å². The van der Waals surface area contributed by atoms with Crippen molar-refractivity contribution in [3.8, 4) is 5.75 Å². The molecule has 6 heteroatoms. The van der Waals surface area contributed by atoms with Crippen LogP contribution in [0.25, 0.3) is 0 Å². The zero-order chi connectivity index (χ0) is 13.5. The molecule has 2 aliphatic rings. The molecule has 0 spiro atoms. The van der Waals surface area contributed by atoms with Gasteiger partial charge < -0.3 is 9.64 Å². The van der Waals surface area contributed by atoms with Crippen LogP contribution >= 0.6 is 0 Å². The molecule has 3 rings (SSSR count). The lowest BCUT2D eigenvalue weighted by Crippen LogP contribution is -2.39. The van der Waals surface area contributed by atoms with Crippen LogP contribution in [0.1, 0.15) is 31.2 Å². The molecule has 3 nitrogen and oxygen atoms in total. The Labute approximate surface area is 109 Å². The number of hydrogen-bond donors (Lipinski definition) is 0. The van der Waals surface area contributed by atoms with Crippen molar-refractivity contribution in [2.75, 3.05) is 18.1 Å². The summed E-state index contributed by atoms with van der Waals surface area (Å²) in [6.45, 7) is 1.30. The Morgan fingerprint density at radius 3 is 2.89 bits per heavy atom.